The molecule has 222 valence electrons. The van der Waals surface area contributed by atoms with E-state index in [2.05, 4.69) is 33.9 Å². The first kappa shape index (κ1) is 33.7. The van der Waals surface area contributed by atoms with Crippen molar-refractivity contribution in [3.05, 3.63) is 35.9 Å². The second-order valence-corrected chi connectivity index (χ2v) is 17.3. The Kier molecular flexibility index (Phi) is 12.9. The van der Waals surface area contributed by atoms with Gasteiger partial charge >= 0.3 is 0 Å². The zero-order valence-corrected chi connectivity index (χ0v) is 26.2. The number of hydrogen-bond acceptors (Lipinski definition) is 8. The molecule has 1 N–H and O–H groups in total. The summed E-state index contributed by atoms with van der Waals surface area (Å²) in [5.41, 5.74) is 1.00. The number of benzene rings is 1. The van der Waals surface area contributed by atoms with E-state index in [-0.39, 0.29) is 54.7 Å². The average molecular weight is 567 g/mol. The molecule has 0 bridgehead atoms. The molecule has 0 spiro atoms. The zero-order chi connectivity index (χ0) is 29.3. The number of methoxy groups -OCH3 is 1. The summed E-state index contributed by atoms with van der Waals surface area (Å²) in [5.74, 6) is -0.792. The van der Waals surface area contributed by atoms with Gasteiger partial charge in [0.25, 0.3) is 0 Å². The molecule has 1 aromatic rings. The molecule has 8 nitrogen and oxygen atoms in total. The summed E-state index contributed by atoms with van der Waals surface area (Å²) in [6.45, 7) is 15.2. The summed E-state index contributed by atoms with van der Waals surface area (Å²) < 4.78 is 29.3. The Morgan fingerprint density at radius 1 is 1.10 bits per heavy atom. The third-order valence-electron chi connectivity index (χ3n) is 7.52. The van der Waals surface area contributed by atoms with E-state index in [4.69, 9.17) is 23.4 Å². The second-order valence-electron chi connectivity index (χ2n) is 12.5. The monoisotopic (exact) mass is 566 g/mol. The van der Waals surface area contributed by atoms with E-state index in [9.17, 15) is 14.7 Å². The number of carbonyl (C=O) groups excluding carboxylic acids is 2. The van der Waals surface area contributed by atoms with Crippen LogP contribution in [-0.4, -0.2) is 75.5 Å². The first-order chi connectivity index (χ1) is 18.1. The minimum absolute atomic E-state index is 0.0125. The summed E-state index contributed by atoms with van der Waals surface area (Å²) in [7, 11) is -0.630. The van der Waals surface area contributed by atoms with E-state index >= 15 is 0 Å². The number of Topliss-reactive ketones (excluding diaryl/α,β-unsaturated/α-hetero) is 2. The molecule has 1 saturated heterocycles. The number of aliphatic hydroxyl groups excluding tert-OH is 1. The third kappa shape index (κ3) is 11.9. The van der Waals surface area contributed by atoms with Crippen molar-refractivity contribution >= 4 is 19.9 Å². The Balaban J connectivity index is 1.92. The van der Waals surface area contributed by atoms with Crippen LogP contribution >= 0.6 is 0 Å². The van der Waals surface area contributed by atoms with Gasteiger partial charge in [0.15, 0.2) is 14.1 Å². The fraction of sp³-hybridized carbons (Fsp3) is 0.733. The van der Waals surface area contributed by atoms with Gasteiger partial charge in [0, 0.05) is 32.8 Å². The maximum atomic E-state index is 13.1. The molecular formula is C30H50O8Si. The SMILES string of the molecule is CO[C@@H](CCC(=O)C[C@H](CC(=O)C[C@@H](O)COCc1ccccc1)O[Si](C)(C)C(C)(C)C)[C@H]1COC(C)(C)O1. The first-order valence-corrected chi connectivity index (χ1v) is 16.9. The highest BCUT2D eigenvalue weighted by Gasteiger charge is 2.40. The van der Waals surface area contributed by atoms with Crippen LogP contribution in [0, 0.1) is 0 Å². The maximum Gasteiger partial charge on any atom is 0.192 e. The molecule has 1 fully saturated rings. The minimum Gasteiger partial charge on any atom is -0.413 e. The highest BCUT2D eigenvalue weighted by atomic mass is 28.4. The fourth-order valence-corrected chi connectivity index (χ4v) is 5.66. The van der Waals surface area contributed by atoms with Gasteiger partial charge in [-0.25, -0.2) is 0 Å². The van der Waals surface area contributed by atoms with Gasteiger partial charge in [-0.1, -0.05) is 51.1 Å². The first-order valence-electron chi connectivity index (χ1n) is 14.0. The van der Waals surface area contributed by atoms with Crippen LogP contribution in [0.3, 0.4) is 0 Å². The highest BCUT2D eigenvalue weighted by Crippen LogP contribution is 2.38. The molecule has 0 aliphatic carbocycles. The summed E-state index contributed by atoms with van der Waals surface area (Å²) in [4.78, 5) is 26.0. The Morgan fingerprint density at radius 3 is 2.31 bits per heavy atom. The van der Waals surface area contributed by atoms with Crippen LogP contribution in [0.4, 0.5) is 0 Å². The molecule has 2 rings (SSSR count). The van der Waals surface area contributed by atoms with Gasteiger partial charge in [-0.05, 0) is 44.0 Å². The van der Waals surface area contributed by atoms with Crippen LogP contribution < -0.4 is 0 Å². The largest absolute Gasteiger partial charge is 0.413 e. The van der Waals surface area contributed by atoms with E-state index in [1.807, 2.05) is 44.2 Å². The van der Waals surface area contributed by atoms with Crippen LogP contribution in [0.15, 0.2) is 30.3 Å². The van der Waals surface area contributed by atoms with E-state index in [0.717, 1.165) is 5.56 Å². The van der Waals surface area contributed by atoms with Gasteiger partial charge in [-0.3, -0.25) is 9.59 Å². The number of ether oxygens (including phenoxy) is 4. The normalized spacial score (nSPS) is 20.0. The predicted octanol–water partition coefficient (Wildman–Crippen LogP) is 5.21. The van der Waals surface area contributed by atoms with Crippen molar-refractivity contribution in [2.75, 3.05) is 20.3 Å². The Bertz CT molecular complexity index is 896. The molecule has 0 saturated carbocycles. The van der Waals surface area contributed by atoms with Crippen molar-refractivity contribution in [2.24, 2.45) is 0 Å². The van der Waals surface area contributed by atoms with Crippen LogP contribution in [-0.2, 0) is 39.6 Å². The maximum absolute atomic E-state index is 13.1. The number of ketones is 2. The molecule has 1 aliphatic heterocycles. The Morgan fingerprint density at radius 2 is 1.74 bits per heavy atom. The topological polar surface area (TPSA) is 101 Å². The van der Waals surface area contributed by atoms with Crippen molar-refractivity contribution < 1.29 is 38.1 Å². The third-order valence-corrected chi connectivity index (χ3v) is 12.1. The molecule has 0 aromatic heterocycles. The zero-order valence-electron chi connectivity index (χ0n) is 25.2. The summed E-state index contributed by atoms with van der Waals surface area (Å²) in [6.07, 6.45) is -0.968. The molecular weight excluding hydrogens is 516 g/mol. The quantitative estimate of drug-likeness (QED) is 0.257. The van der Waals surface area contributed by atoms with Crippen molar-refractivity contribution in [1.82, 2.24) is 0 Å². The van der Waals surface area contributed by atoms with Crippen LogP contribution in [0.5, 0.6) is 0 Å². The van der Waals surface area contributed by atoms with E-state index < -0.39 is 26.3 Å². The summed E-state index contributed by atoms with van der Waals surface area (Å²) in [6, 6.07) is 9.67. The molecule has 1 aromatic carbocycles. The molecule has 0 unspecified atom stereocenters. The molecule has 1 heterocycles. The number of carbonyl (C=O) groups is 2. The fourth-order valence-electron chi connectivity index (χ4n) is 4.31. The van der Waals surface area contributed by atoms with Gasteiger partial charge in [-0.15, -0.1) is 0 Å². The number of aliphatic hydroxyl groups is 1. The number of rotatable bonds is 17. The van der Waals surface area contributed by atoms with E-state index in [0.29, 0.717) is 26.1 Å². The molecule has 39 heavy (non-hydrogen) atoms. The Labute approximate surface area is 235 Å². The lowest BCUT2D eigenvalue weighted by Crippen LogP contribution is -2.45. The smallest absolute Gasteiger partial charge is 0.192 e. The second kappa shape index (κ2) is 15.0. The molecule has 4 atom stereocenters. The van der Waals surface area contributed by atoms with Gasteiger partial charge < -0.3 is 28.5 Å². The molecule has 1 aliphatic rings. The summed E-state index contributed by atoms with van der Waals surface area (Å²) >= 11 is 0. The Hall–Kier alpha value is -1.46. The van der Waals surface area contributed by atoms with Gasteiger partial charge in [-0.2, -0.15) is 0 Å². The standard InChI is InChI=1S/C30H50O8Si/c1-29(2,3)39(7,8)38-26(17-23(31)14-15-27(34-6)28-21-36-30(4,5)37-28)18-24(32)16-25(33)20-35-19-22-12-10-9-11-13-22/h9-13,25-28,33H,14-21H2,1-8H3/t25-,26-,27+,28-/m1/s1. The lowest BCUT2D eigenvalue weighted by molar-refractivity contribution is -0.154. The van der Waals surface area contributed by atoms with Crippen LogP contribution in [0.25, 0.3) is 0 Å². The van der Waals surface area contributed by atoms with E-state index in [1.54, 1.807) is 7.11 Å². The van der Waals surface area contributed by atoms with Crippen molar-refractivity contribution in [1.29, 1.82) is 0 Å². The number of hydrogen-bond donors (Lipinski definition) is 1. The van der Waals surface area contributed by atoms with Gasteiger partial charge in [0.1, 0.15) is 17.7 Å². The van der Waals surface area contributed by atoms with E-state index in [1.165, 1.54) is 0 Å². The van der Waals surface area contributed by atoms with Gasteiger partial charge in [0.05, 0.1) is 38.1 Å². The van der Waals surface area contributed by atoms with Crippen molar-refractivity contribution in [2.45, 2.75) is 122 Å². The van der Waals surface area contributed by atoms with Crippen LogP contribution in [0.2, 0.25) is 18.1 Å². The lowest BCUT2D eigenvalue weighted by atomic mass is 10.00. The predicted molar refractivity (Wildman–Crippen MR) is 153 cm³/mol. The molecule has 9 heteroatoms. The van der Waals surface area contributed by atoms with Gasteiger partial charge in [0.2, 0.25) is 0 Å². The lowest BCUT2D eigenvalue weighted by Gasteiger charge is -2.39. The van der Waals surface area contributed by atoms with Crippen LogP contribution in [0.1, 0.15) is 72.3 Å². The molecule has 0 radical (unpaired) electrons. The molecule has 0 amide bonds. The average Bonchev–Trinajstić information content (AvgIpc) is 3.18. The minimum atomic E-state index is -2.24. The highest BCUT2D eigenvalue weighted by molar-refractivity contribution is 6.74. The van der Waals surface area contributed by atoms with Crippen molar-refractivity contribution in [3.8, 4) is 0 Å². The summed E-state index contributed by atoms with van der Waals surface area (Å²) in [5, 5.41) is 10.3. The van der Waals surface area contributed by atoms with Crippen molar-refractivity contribution in [3.63, 3.8) is 0 Å².